The van der Waals surface area contributed by atoms with Crippen molar-refractivity contribution in [1.29, 1.82) is 0 Å². The molecule has 0 amide bonds. The zero-order chi connectivity index (χ0) is 13.1. The van der Waals surface area contributed by atoms with Crippen molar-refractivity contribution in [2.75, 3.05) is 7.11 Å². The number of aromatic nitrogens is 1. The van der Waals surface area contributed by atoms with Crippen LogP contribution in [0.15, 0.2) is 41.0 Å². The van der Waals surface area contributed by atoms with E-state index < -0.39 is 5.97 Å². The van der Waals surface area contributed by atoms with Gasteiger partial charge in [0.05, 0.1) is 18.4 Å². The van der Waals surface area contributed by atoms with E-state index in [1.807, 2.05) is 12.1 Å². The number of carboxylic acids is 1. The van der Waals surface area contributed by atoms with Crippen LogP contribution in [0.4, 0.5) is 0 Å². The number of hydrogen-bond acceptors (Lipinski definition) is 3. The van der Waals surface area contributed by atoms with Crippen LogP contribution in [0.25, 0.3) is 11.3 Å². The zero-order valence-corrected chi connectivity index (χ0v) is 11.1. The minimum absolute atomic E-state index is 0.196. The Morgan fingerprint density at radius 3 is 2.78 bits per heavy atom. The predicted molar refractivity (Wildman–Crippen MR) is 70.9 cm³/mol. The van der Waals surface area contributed by atoms with Crippen LogP contribution in [0.1, 0.15) is 10.4 Å². The SMILES string of the molecule is COc1ccc(Br)cc1-c1cc(C(=O)O)ccn1. The summed E-state index contributed by atoms with van der Waals surface area (Å²) in [5, 5.41) is 8.97. The molecule has 0 unspecified atom stereocenters. The zero-order valence-electron chi connectivity index (χ0n) is 9.55. The molecule has 0 bridgehead atoms. The average Bonchev–Trinajstić information content (AvgIpc) is 2.39. The van der Waals surface area contributed by atoms with Crippen LogP contribution >= 0.6 is 15.9 Å². The predicted octanol–water partition coefficient (Wildman–Crippen LogP) is 3.22. The number of pyridine rings is 1. The molecule has 92 valence electrons. The Morgan fingerprint density at radius 1 is 1.33 bits per heavy atom. The van der Waals surface area contributed by atoms with Crippen LogP contribution < -0.4 is 4.74 Å². The lowest BCUT2D eigenvalue weighted by Crippen LogP contribution is -1.98. The van der Waals surface area contributed by atoms with Gasteiger partial charge < -0.3 is 9.84 Å². The van der Waals surface area contributed by atoms with Gasteiger partial charge in [-0.05, 0) is 30.3 Å². The second-order valence-corrected chi connectivity index (χ2v) is 4.50. The van der Waals surface area contributed by atoms with Gasteiger partial charge in [0, 0.05) is 16.2 Å². The Labute approximate surface area is 112 Å². The van der Waals surface area contributed by atoms with Crippen molar-refractivity contribution < 1.29 is 14.6 Å². The average molecular weight is 308 g/mol. The van der Waals surface area contributed by atoms with E-state index in [0.29, 0.717) is 11.4 Å². The molecule has 0 spiro atoms. The highest BCUT2D eigenvalue weighted by atomic mass is 79.9. The molecule has 4 nitrogen and oxygen atoms in total. The maximum atomic E-state index is 10.9. The maximum Gasteiger partial charge on any atom is 0.335 e. The van der Waals surface area contributed by atoms with Gasteiger partial charge in [-0.1, -0.05) is 15.9 Å². The van der Waals surface area contributed by atoms with Crippen LogP contribution in [-0.4, -0.2) is 23.2 Å². The van der Waals surface area contributed by atoms with Crippen LogP contribution in [0.2, 0.25) is 0 Å². The first-order valence-electron chi connectivity index (χ1n) is 5.15. The van der Waals surface area contributed by atoms with E-state index in [1.165, 1.54) is 18.3 Å². The monoisotopic (exact) mass is 307 g/mol. The number of ether oxygens (including phenoxy) is 1. The molecule has 0 aliphatic heterocycles. The first kappa shape index (κ1) is 12.6. The molecule has 1 heterocycles. The number of aromatic carboxylic acids is 1. The van der Waals surface area contributed by atoms with E-state index in [4.69, 9.17) is 9.84 Å². The van der Waals surface area contributed by atoms with E-state index in [9.17, 15) is 4.79 Å². The van der Waals surface area contributed by atoms with Crippen molar-refractivity contribution in [3.63, 3.8) is 0 Å². The van der Waals surface area contributed by atoms with Crippen molar-refractivity contribution in [2.24, 2.45) is 0 Å². The number of methoxy groups -OCH3 is 1. The second kappa shape index (κ2) is 5.18. The number of carboxylic acid groups (broad SMARTS) is 1. The Bertz CT molecular complexity index is 599. The summed E-state index contributed by atoms with van der Waals surface area (Å²) >= 11 is 3.37. The molecular weight excluding hydrogens is 298 g/mol. The molecule has 2 rings (SSSR count). The van der Waals surface area contributed by atoms with E-state index in [0.717, 1.165) is 10.0 Å². The molecule has 0 aliphatic rings. The highest BCUT2D eigenvalue weighted by Gasteiger charge is 2.10. The largest absolute Gasteiger partial charge is 0.496 e. The van der Waals surface area contributed by atoms with Crippen LogP contribution in [0.5, 0.6) is 5.75 Å². The van der Waals surface area contributed by atoms with E-state index in [-0.39, 0.29) is 5.56 Å². The first-order valence-corrected chi connectivity index (χ1v) is 5.94. The molecule has 0 aliphatic carbocycles. The topological polar surface area (TPSA) is 59.4 Å². The molecule has 0 saturated carbocycles. The smallest absolute Gasteiger partial charge is 0.335 e. The minimum atomic E-state index is -0.979. The summed E-state index contributed by atoms with van der Waals surface area (Å²) in [6.45, 7) is 0. The van der Waals surface area contributed by atoms with Gasteiger partial charge in [-0.15, -0.1) is 0 Å². The van der Waals surface area contributed by atoms with Crippen molar-refractivity contribution >= 4 is 21.9 Å². The molecule has 18 heavy (non-hydrogen) atoms. The maximum absolute atomic E-state index is 10.9. The van der Waals surface area contributed by atoms with Crippen molar-refractivity contribution in [3.05, 3.63) is 46.6 Å². The van der Waals surface area contributed by atoms with Crippen LogP contribution in [-0.2, 0) is 0 Å². The standard InChI is InChI=1S/C13H10BrNO3/c1-18-12-3-2-9(14)7-10(12)11-6-8(13(16)17)4-5-15-11/h2-7H,1H3,(H,16,17). The number of benzene rings is 1. The summed E-state index contributed by atoms with van der Waals surface area (Å²) in [6, 6.07) is 8.47. The summed E-state index contributed by atoms with van der Waals surface area (Å²) in [6.07, 6.45) is 1.47. The van der Waals surface area contributed by atoms with Crippen LogP contribution in [0.3, 0.4) is 0 Å². The molecule has 1 aromatic carbocycles. The van der Waals surface area contributed by atoms with Crippen molar-refractivity contribution in [1.82, 2.24) is 4.98 Å². The van der Waals surface area contributed by atoms with Crippen molar-refractivity contribution in [3.8, 4) is 17.0 Å². The molecule has 1 N–H and O–H groups in total. The molecular formula is C13H10BrNO3. The third kappa shape index (κ3) is 2.51. The number of hydrogen-bond donors (Lipinski definition) is 1. The first-order chi connectivity index (χ1) is 8.61. The fraction of sp³-hybridized carbons (Fsp3) is 0.0769. The quantitative estimate of drug-likeness (QED) is 0.946. The molecule has 0 fully saturated rings. The number of halogens is 1. The van der Waals surface area contributed by atoms with Gasteiger partial charge in [0.25, 0.3) is 0 Å². The minimum Gasteiger partial charge on any atom is -0.496 e. The van der Waals surface area contributed by atoms with Gasteiger partial charge >= 0.3 is 5.97 Å². The van der Waals surface area contributed by atoms with E-state index in [1.54, 1.807) is 13.2 Å². The highest BCUT2D eigenvalue weighted by molar-refractivity contribution is 9.10. The molecule has 2 aromatic rings. The Hall–Kier alpha value is -1.88. The number of nitrogens with zero attached hydrogens (tertiary/aromatic N) is 1. The lowest BCUT2D eigenvalue weighted by molar-refractivity contribution is 0.0697. The molecule has 1 aromatic heterocycles. The van der Waals surface area contributed by atoms with Gasteiger partial charge in [-0.25, -0.2) is 4.79 Å². The summed E-state index contributed by atoms with van der Waals surface area (Å²) in [4.78, 5) is 15.1. The van der Waals surface area contributed by atoms with Gasteiger partial charge in [0.1, 0.15) is 5.75 Å². The van der Waals surface area contributed by atoms with Gasteiger partial charge in [0.15, 0.2) is 0 Å². The third-order valence-corrected chi connectivity index (χ3v) is 2.94. The summed E-state index contributed by atoms with van der Waals surface area (Å²) < 4.78 is 6.12. The van der Waals surface area contributed by atoms with Gasteiger partial charge in [0.2, 0.25) is 0 Å². The summed E-state index contributed by atoms with van der Waals surface area (Å²) in [5.41, 5.74) is 1.50. The Morgan fingerprint density at radius 2 is 2.11 bits per heavy atom. The lowest BCUT2D eigenvalue weighted by atomic mass is 10.1. The Balaban J connectivity index is 2.57. The summed E-state index contributed by atoms with van der Waals surface area (Å²) in [7, 11) is 1.56. The van der Waals surface area contributed by atoms with Gasteiger partial charge in [-0.3, -0.25) is 4.98 Å². The molecule has 0 saturated heterocycles. The fourth-order valence-corrected chi connectivity index (χ4v) is 1.95. The second-order valence-electron chi connectivity index (χ2n) is 3.58. The number of carbonyl (C=O) groups is 1. The van der Waals surface area contributed by atoms with E-state index in [2.05, 4.69) is 20.9 Å². The summed E-state index contributed by atoms with van der Waals surface area (Å²) in [5.74, 6) is -0.333. The molecule has 0 atom stereocenters. The van der Waals surface area contributed by atoms with Gasteiger partial charge in [-0.2, -0.15) is 0 Å². The highest BCUT2D eigenvalue weighted by Crippen LogP contribution is 2.31. The molecule has 5 heteroatoms. The Kier molecular flexibility index (Phi) is 3.62. The van der Waals surface area contributed by atoms with Crippen LogP contribution in [0, 0.1) is 0 Å². The lowest BCUT2D eigenvalue weighted by Gasteiger charge is -2.08. The molecule has 0 radical (unpaired) electrons. The fourth-order valence-electron chi connectivity index (χ4n) is 1.59. The van der Waals surface area contributed by atoms with E-state index >= 15 is 0 Å². The third-order valence-electron chi connectivity index (χ3n) is 2.44. The van der Waals surface area contributed by atoms with Crippen molar-refractivity contribution in [2.45, 2.75) is 0 Å². The normalized spacial score (nSPS) is 10.1. The number of rotatable bonds is 3.